The molecule has 4 nitrogen and oxygen atoms in total. The summed E-state index contributed by atoms with van der Waals surface area (Å²) >= 11 is 0. The van der Waals surface area contributed by atoms with Crippen molar-refractivity contribution < 1.29 is 0 Å². The van der Waals surface area contributed by atoms with Crippen LogP contribution in [0.5, 0.6) is 0 Å². The number of para-hydroxylation sites is 2. The average Bonchev–Trinajstić information content (AvgIpc) is 3.53. The molecule has 0 saturated heterocycles. The van der Waals surface area contributed by atoms with Gasteiger partial charge in [0.25, 0.3) is 0 Å². The summed E-state index contributed by atoms with van der Waals surface area (Å²) in [5.41, 5.74) is 11.4. The first-order valence-corrected chi connectivity index (χ1v) is 18.4. The Hall–Kier alpha value is -6.39. The molecule has 1 aliphatic rings. The highest BCUT2D eigenvalue weighted by Crippen LogP contribution is 2.56. The number of nitrogens with zero attached hydrogens (tertiary/aromatic N) is 4. The molecule has 0 N–H and O–H groups in total. The standard InChI is InChI=1S/C49H38N4/c1-48(2)39-28-27-31-17-11-12-22-34(31)44(39)38-29-37-35-23-13-15-25-41(35)53(43(37)30-40(38)49(48,3)4)42-26-16-14-24-36(42)47-51-45(32-18-7-5-8-19-32)50-46(52-47)33-20-9-6-10-21-33/h5-30H,1-4H3. The zero-order valence-electron chi connectivity index (χ0n) is 30.3. The summed E-state index contributed by atoms with van der Waals surface area (Å²) in [6.07, 6.45) is 0. The molecule has 0 bridgehead atoms. The molecule has 7 aromatic carbocycles. The van der Waals surface area contributed by atoms with E-state index >= 15 is 0 Å². The van der Waals surface area contributed by atoms with Gasteiger partial charge in [-0.15, -0.1) is 0 Å². The van der Waals surface area contributed by atoms with Crippen molar-refractivity contribution in [3.05, 3.63) is 169 Å². The van der Waals surface area contributed by atoms with Crippen LogP contribution in [0.4, 0.5) is 0 Å². The molecule has 0 unspecified atom stereocenters. The van der Waals surface area contributed by atoms with Crippen LogP contribution in [0.1, 0.15) is 38.8 Å². The third kappa shape index (κ3) is 4.65. The molecular weight excluding hydrogens is 645 g/mol. The molecule has 0 radical (unpaired) electrons. The molecule has 0 aliphatic heterocycles. The van der Waals surface area contributed by atoms with Crippen LogP contribution in [-0.2, 0) is 10.8 Å². The SMILES string of the molecule is CC1(C)c2cc3c(cc2-c2c(ccc4ccccc24)C1(C)C)c1ccccc1n3-c1ccccc1-c1nc(-c2ccccc2)nc(-c2ccccc2)n1. The van der Waals surface area contributed by atoms with Crippen molar-refractivity contribution in [3.8, 4) is 51.0 Å². The molecule has 53 heavy (non-hydrogen) atoms. The number of benzene rings is 7. The molecule has 4 heteroatoms. The van der Waals surface area contributed by atoms with E-state index in [-0.39, 0.29) is 10.8 Å². The quantitative estimate of drug-likeness (QED) is 0.186. The minimum Gasteiger partial charge on any atom is -0.308 e. The van der Waals surface area contributed by atoms with Crippen molar-refractivity contribution >= 4 is 32.6 Å². The Morgan fingerprint density at radius 2 is 0.981 bits per heavy atom. The van der Waals surface area contributed by atoms with Gasteiger partial charge in [-0.2, -0.15) is 0 Å². The Morgan fingerprint density at radius 1 is 0.415 bits per heavy atom. The van der Waals surface area contributed by atoms with Gasteiger partial charge in [0, 0.05) is 27.5 Å². The molecule has 2 heterocycles. The molecule has 1 aliphatic carbocycles. The zero-order valence-corrected chi connectivity index (χ0v) is 30.3. The fourth-order valence-electron chi connectivity index (χ4n) is 8.54. The maximum atomic E-state index is 5.16. The van der Waals surface area contributed by atoms with Crippen LogP contribution in [0.15, 0.2) is 158 Å². The molecule has 0 spiro atoms. The Morgan fingerprint density at radius 3 is 1.70 bits per heavy atom. The van der Waals surface area contributed by atoms with Crippen molar-refractivity contribution in [1.29, 1.82) is 0 Å². The molecule has 10 rings (SSSR count). The smallest absolute Gasteiger partial charge is 0.166 e. The van der Waals surface area contributed by atoms with Gasteiger partial charge in [0.05, 0.1) is 16.7 Å². The minimum absolute atomic E-state index is 0.117. The summed E-state index contributed by atoms with van der Waals surface area (Å²) in [6, 6.07) is 56.1. The van der Waals surface area contributed by atoms with Gasteiger partial charge in [-0.1, -0.05) is 155 Å². The molecule has 0 amide bonds. The van der Waals surface area contributed by atoms with Gasteiger partial charge in [-0.05, 0) is 74.2 Å². The van der Waals surface area contributed by atoms with Crippen molar-refractivity contribution in [2.75, 3.05) is 0 Å². The summed E-state index contributed by atoms with van der Waals surface area (Å²) in [5.74, 6) is 1.94. The molecule has 2 aromatic heterocycles. The van der Waals surface area contributed by atoms with Crippen LogP contribution in [0.25, 0.3) is 83.6 Å². The van der Waals surface area contributed by atoms with Gasteiger partial charge in [0.15, 0.2) is 17.5 Å². The van der Waals surface area contributed by atoms with E-state index in [9.17, 15) is 0 Å². The lowest BCUT2D eigenvalue weighted by Crippen LogP contribution is -2.43. The first-order chi connectivity index (χ1) is 25.8. The van der Waals surface area contributed by atoms with Crippen LogP contribution in [0, 0.1) is 0 Å². The van der Waals surface area contributed by atoms with Gasteiger partial charge in [0.1, 0.15) is 0 Å². The van der Waals surface area contributed by atoms with Crippen LogP contribution in [0.2, 0.25) is 0 Å². The molecule has 0 atom stereocenters. The number of hydrogen-bond acceptors (Lipinski definition) is 3. The van der Waals surface area contributed by atoms with E-state index in [0.717, 1.165) is 27.9 Å². The van der Waals surface area contributed by atoms with E-state index in [1.807, 2.05) is 36.4 Å². The monoisotopic (exact) mass is 682 g/mol. The predicted octanol–water partition coefficient (Wildman–Crippen LogP) is 12.4. The Kier molecular flexibility index (Phi) is 6.84. The highest BCUT2D eigenvalue weighted by atomic mass is 15.1. The summed E-state index contributed by atoms with van der Waals surface area (Å²) in [7, 11) is 0. The highest BCUT2D eigenvalue weighted by molar-refractivity contribution is 6.13. The second kappa shape index (κ2) is 11.6. The van der Waals surface area contributed by atoms with E-state index < -0.39 is 0 Å². The van der Waals surface area contributed by atoms with Crippen molar-refractivity contribution in [3.63, 3.8) is 0 Å². The van der Waals surface area contributed by atoms with Crippen molar-refractivity contribution in [2.45, 2.75) is 38.5 Å². The Balaban J connectivity index is 1.27. The normalized spacial score (nSPS) is 14.3. The maximum absolute atomic E-state index is 5.16. The van der Waals surface area contributed by atoms with Crippen LogP contribution < -0.4 is 0 Å². The fraction of sp³-hybridized carbons (Fsp3) is 0.122. The van der Waals surface area contributed by atoms with Crippen LogP contribution in [0.3, 0.4) is 0 Å². The number of aromatic nitrogens is 4. The lowest BCUT2D eigenvalue weighted by molar-refractivity contribution is 0.299. The van der Waals surface area contributed by atoms with Crippen molar-refractivity contribution in [2.24, 2.45) is 0 Å². The summed E-state index contributed by atoms with van der Waals surface area (Å²) in [6.45, 7) is 9.65. The molecule has 0 saturated carbocycles. The largest absolute Gasteiger partial charge is 0.308 e. The Bertz CT molecular complexity index is 2820. The van der Waals surface area contributed by atoms with Crippen LogP contribution in [-0.4, -0.2) is 19.5 Å². The number of fused-ring (bicyclic) bond motifs is 8. The summed E-state index contributed by atoms with van der Waals surface area (Å²) < 4.78 is 2.43. The second-order valence-corrected chi connectivity index (χ2v) is 15.3. The molecule has 9 aromatic rings. The molecular formula is C49H38N4. The maximum Gasteiger partial charge on any atom is 0.166 e. The first-order valence-electron chi connectivity index (χ1n) is 18.4. The average molecular weight is 683 g/mol. The third-order valence-corrected chi connectivity index (χ3v) is 12.0. The van der Waals surface area contributed by atoms with E-state index in [1.165, 1.54) is 49.3 Å². The van der Waals surface area contributed by atoms with Gasteiger partial charge >= 0.3 is 0 Å². The van der Waals surface area contributed by atoms with Gasteiger partial charge < -0.3 is 4.57 Å². The zero-order chi connectivity index (χ0) is 35.9. The topological polar surface area (TPSA) is 43.6 Å². The predicted molar refractivity (Wildman–Crippen MR) is 219 cm³/mol. The van der Waals surface area contributed by atoms with E-state index in [0.29, 0.717) is 17.5 Å². The number of rotatable bonds is 4. The lowest BCUT2D eigenvalue weighted by Gasteiger charge is -2.48. The van der Waals surface area contributed by atoms with Gasteiger partial charge in [0.2, 0.25) is 0 Å². The van der Waals surface area contributed by atoms with E-state index in [1.54, 1.807) is 0 Å². The summed E-state index contributed by atoms with van der Waals surface area (Å²) in [4.78, 5) is 15.3. The van der Waals surface area contributed by atoms with Crippen LogP contribution >= 0.6 is 0 Å². The number of hydrogen-bond donors (Lipinski definition) is 0. The summed E-state index contributed by atoms with van der Waals surface area (Å²) in [5, 5.41) is 5.03. The third-order valence-electron chi connectivity index (χ3n) is 12.0. The van der Waals surface area contributed by atoms with E-state index in [2.05, 4.69) is 154 Å². The molecule has 0 fully saturated rings. The second-order valence-electron chi connectivity index (χ2n) is 15.3. The van der Waals surface area contributed by atoms with Gasteiger partial charge in [-0.25, -0.2) is 15.0 Å². The van der Waals surface area contributed by atoms with E-state index in [4.69, 9.17) is 15.0 Å². The fourth-order valence-corrected chi connectivity index (χ4v) is 8.54. The van der Waals surface area contributed by atoms with Crippen molar-refractivity contribution in [1.82, 2.24) is 19.5 Å². The molecule has 254 valence electrons. The highest BCUT2D eigenvalue weighted by Gasteiger charge is 2.46. The lowest BCUT2D eigenvalue weighted by atomic mass is 9.55. The first kappa shape index (κ1) is 31.4. The minimum atomic E-state index is -0.157. The Labute approximate surface area is 309 Å². The van der Waals surface area contributed by atoms with Gasteiger partial charge in [-0.3, -0.25) is 0 Å².